The van der Waals surface area contributed by atoms with Crippen molar-refractivity contribution in [3.05, 3.63) is 34.3 Å². The number of nitrogens with one attached hydrogen (secondary N) is 1. The third-order valence-electron chi connectivity index (χ3n) is 3.62. The lowest BCUT2D eigenvalue weighted by Gasteiger charge is -2.20. The van der Waals surface area contributed by atoms with Gasteiger partial charge in [-0.1, -0.05) is 40.9 Å². The quantitative estimate of drug-likeness (QED) is 0.876. The van der Waals surface area contributed by atoms with Crippen LogP contribution in [0.25, 0.3) is 0 Å². The Hall–Kier alpha value is -0.340. The fourth-order valence-electron chi connectivity index (χ4n) is 2.55. The summed E-state index contributed by atoms with van der Waals surface area (Å²) in [5.41, 5.74) is 1.36. The van der Waals surface area contributed by atoms with E-state index in [2.05, 4.69) is 52.4 Å². The summed E-state index contributed by atoms with van der Waals surface area (Å²) < 4.78 is 1.17. The minimum atomic E-state index is 0.654. The Balaban J connectivity index is 1.82. The molecule has 0 bridgehead atoms. The molecule has 1 saturated carbocycles. The molecule has 0 aromatic heterocycles. The van der Waals surface area contributed by atoms with Gasteiger partial charge in [0.15, 0.2) is 0 Å². The molecule has 1 nitrogen and oxygen atoms in total. The molecular weight excluding hydrogens is 262 g/mol. The average molecular weight is 282 g/mol. The summed E-state index contributed by atoms with van der Waals surface area (Å²) in [4.78, 5) is 0. The van der Waals surface area contributed by atoms with E-state index in [9.17, 15) is 0 Å². The lowest BCUT2D eigenvalue weighted by Crippen LogP contribution is -2.31. The number of hydrogen-bond acceptors (Lipinski definition) is 1. The predicted octanol–water partition coefficient (Wildman–Crippen LogP) is 4.12. The van der Waals surface area contributed by atoms with Crippen molar-refractivity contribution in [3.63, 3.8) is 0 Å². The van der Waals surface area contributed by atoms with E-state index in [0.717, 1.165) is 12.5 Å². The molecule has 0 saturated heterocycles. The fraction of sp³-hybridized carbons (Fsp3) is 0.571. The van der Waals surface area contributed by atoms with Crippen molar-refractivity contribution in [2.45, 2.75) is 45.2 Å². The summed E-state index contributed by atoms with van der Waals surface area (Å²) >= 11 is 3.51. The number of rotatable bonds is 4. The van der Waals surface area contributed by atoms with Crippen molar-refractivity contribution in [2.24, 2.45) is 5.92 Å². The summed E-state index contributed by atoms with van der Waals surface area (Å²) in [5.74, 6) is 0.896. The van der Waals surface area contributed by atoms with Crippen molar-refractivity contribution < 1.29 is 0 Å². The molecule has 0 aliphatic heterocycles. The SMILES string of the molecule is C[C@H](NCc1cccc(Br)c1)C1CCCC1. The number of halogens is 1. The van der Waals surface area contributed by atoms with Crippen LogP contribution in [0.5, 0.6) is 0 Å². The highest BCUT2D eigenvalue weighted by Crippen LogP contribution is 2.27. The molecule has 16 heavy (non-hydrogen) atoms. The average Bonchev–Trinajstić information content (AvgIpc) is 2.79. The summed E-state index contributed by atoms with van der Waals surface area (Å²) in [7, 11) is 0. The molecule has 1 atom stereocenters. The Labute approximate surface area is 107 Å². The fourth-order valence-corrected chi connectivity index (χ4v) is 3.00. The van der Waals surface area contributed by atoms with Gasteiger partial charge in [0.05, 0.1) is 0 Å². The van der Waals surface area contributed by atoms with Crippen molar-refractivity contribution in [1.29, 1.82) is 0 Å². The highest BCUT2D eigenvalue weighted by atomic mass is 79.9. The number of benzene rings is 1. The first-order valence-electron chi connectivity index (χ1n) is 6.23. The van der Waals surface area contributed by atoms with E-state index < -0.39 is 0 Å². The lowest BCUT2D eigenvalue weighted by atomic mass is 9.99. The molecule has 88 valence electrons. The predicted molar refractivity (Wildman–Crippen MR) is 72.4 cm³/mol. The first-order valence-corrected chi connectivity index (χ1v) is 7.03. The van der Waals surface area contributed by atoms with Gasteiger partial charge in [0.2, 0.25) is 0 Å². The lowest BCUT2D eigenvalue weighted by molar-refractivity contribution is 0.380. The van der Waals surface area contributed by atoms with E-state index in [1.165, 1.54) is 35.7 Å². The Kier molecular flexibility index (Phi) is 4.42. The van der Waals surface area contributed by atoms with Gasteiger partial charge >= 0.3 is 0 Å². The maximum Gasteiger partial charge on any atom is 0.0208 e. The van der Waals surface area contributed by atoms with E-state index in [4.69, 9.17) is 0 Å². The molecule has 0 spiro atoms. The standard InChI is InChI=1S/C14H20BrN/c1-11(13-6-2-3-7-13)16-10-12-5-4-8-14(15)9-12/h4-5,8-9,11,13,16H,2-3,6-7,10H2,1H3/t11-/m0/s1. The van der Waals surface area contributed by atoms with Gasteiger partial charge in [-0.25, -0.2) is 0 Å². The molecule has 1 aromatic rings. The van der Waals surface area contributed by atoms with Gasteiger partial charge in [0.1, 0.15) is 0 Å². The van der Waals surface area contributed by atoms with E-state index >= 15 is 0 Å². The highest BCUT2D eigenvalue weighted by molar-refractivity contribution is 9.10. The van der Waals surface area contributed by atoms with Gasteiger partial charge in [-0.15, -0.1) is 0 Å². The topological polar surface area (TPSA) is 12.0 Å². The van der Waals surface area contributed by atoms with Gasteiger partial charge < -0.3 is 5.32 Å². The van der Waals surface area contributed by atoms with Gasteiger partial charge in [-0.2, -0.15) is 0 Å². The molecule has 2 rings (SSSR count). The van der Waals surface area contributed by atoms with Crippen LogP contribution in [0.3, 0.4) is 0 Å². The minimum absolute atomic E-state index is 0.654. The van der Waals surface area contributed by atoms with Crippen LogP contribution in [0.1, 0.15) is 38.2 Å². The monoisotopic (exact) mass is 281 g/mol. The van der Waals surface area contributed by atoms with Crippen LogP contribution in [0, 0.1) is 5.92 Å². The minimum Gasteiger partial charge on any atom is -0.310 e. The third kappa shape index (κ3) is 3.33. The third-order valence-corrected chi connectivity index (χ3v) is 4.12. The smallest absolute Gasteiger partial charge is 0.0208 e. The van der Waals surface area contributed by atoms with Crippen molar-refractivity contribution in [1.82, 2.24) is 5.32 Å². The second-order valence-corrected chi connectivity index (χ2v) is 5.76. The van der Waals surface area contributed by atoms with E-state index in [-0.39, 0.29) is 0 Å². The van der Waals surface area contributed by atoms with Crippen LogP contribution in [0.2, 0.25) is 0 Å². The normalized spacial score (nSPS) is 18.9. The zero-order chi connectivity index (χ0) is 11.4. The first-order chi connectivity index (χ1) is 7.75. The zero-order valence-electron chi connectivity index (χ0n) is 9.88. The molecule has 1 aliphatic carbocycles. The van der Waals surface area contributed by atoms with Gasteiger partial charge in [-0.3, -0.25) is 0 Å². The first kappa shape index (κ1) is 12.1. The zero-order valence-corrected chi connectivity index (χ0v) is 11.5. The maximum atomic E-state index is 3.65. The molecule has 0 amide bonds. The maximum absolute atomic E-state index is 3.65. The molecule has 2 heteroatoms. The van der Waals surface area contributed by atoms with Gasteiger partial charge in [-0.05, 0) is 43.4 Å². The molecule has 0 heterocycles. The molecule has 1 fully saturated rings. The Morgan fingerprint density at radius 1 is 1.38 bits per heavy atom. The van der Waals surface area contributed by atoms with Crippen LogP contribution in [0.4, 0.5) is 0 Å². The second-order valence-electron chi connectivity index (χ2n) is 4.84. The van der Waals surface area contributed by atoms with Gasteiger partial charge in [0.25, 0.3) is 0 Å². The second kappa shape index (κ2) is 5.83. The van der Waals surface area contributed by atoms with Gasteiger partial charge in [0, 0.05) is 17.1 Å². The molecule has 1 N–H and O–H groups in total. The van der Waals surface area contributed by atoms with E-state index in [1.807, 2.05) is 0 Å². The summed E-state index contributed by atoms with van der Waals surface area (Å²) in [6.45, 7) is 3.31. The molecule has 0 radical (unpaired) electrons. The van der Waals surface area contributed by atoms with Crippen LogP contribution >= 0.6 is 15.9 Å². The summed E-state index contributed by atoms with van der Waals surface area (Å²) in [6, 6.07) is 9.19. The summed E-state index contributed by atoms with van der Waals surface area (Å²) in [6.07, 6.45) is 5.67. The molecular formula is C14H20BrN. The number of hydrogen-bond donors (Lipinski definition) is 1. The highest BCUT2D eigenvalue weighted by Gasteiger charge is 2.20. The van der Waals surface area contributed by atoms with E-state index in [0.29, 0.717) is 6.04 Å². The Morgan fingerprint density at radius 2 is 2.12 bits per heavy atom. The van der Waals surface area contributed by atoms with Crippen LogP contribution in [0.15, 0.2) is 28.7 Å². The molecule has 1 aromatic carbocycles. The van der Waals surface area contributed by atoms with Crippen LogP contribution in [-0.2, 0) is 6.54 Å². The van der Waals surface area contributed by atoms with Crippen molar-refractivity contribution >= 4 is 15.9 Å². The van der Waals surface area contributed by atoms with Crippen molar-refractivity contribution in [3.8, 4) is 0 Å². The Morgan fingerprint density at radius 3 is 2.81 bits per heavy atom. The van der Waals surface area contributed by atoms with Crippen molar-refractivity contribution in [2.75, 3.05) is 0 Å². The van der Waals surface area contributed by atoms with Crippen LogP contribution in [-0.4, -0.2) is 6.04 Å². The molecule has 0 unspecified atom stereocenters. The molecule has 1 aliphatic rings. The Bertz CT molecular complexity index is 331. The van der Waals surface area contributed by atoms with Crippen LogP contribution < -0.4 is 5.32 Å². The van der Waals surface area contributed by atoms with E-state index in [1.54, 1.807) is 0 Å². The summed E-state index contributed by atoms with van der Waals surface area (Å²) in [5, 5.41) is 3.65. The largest absolute Gasteiger partial charge is 0.310 e.